The monoisotopic (exact) mass is 1360 g/mol. The Morgan fingerprint density at radius 2 is 0.327 bits per heavy atom. The van der Waals surface area contributed by atoms with E-state index in [-0.39, 0.29) is 78.5 Å². The molecule has 0 N–H and O–H groups in total. The van der Waals surface area contributed by atoms with E-state index >= 15 is 18.3 Å². The fourth-order valence-corrected chi connectivity index (χ4v) is 25.2. The molecule has 0 amide bonds. The van der Waals surface area contributed by atoms with Gasteiger partial charge in [-0.1, -0.05) is 243 Å². The lowest BCUT2D eigenvalue weighted by atomic mass is 9.91. The van der Waals surface area contributed by atoms with E-state index in [9.17, 15) is 0 Å². The summed E-state index contributed by atoms with van der Waals surface area (Å²) in [6.07, 6.45) is 0.544. The van der Waals surface area contributed by atoms with Crippen LogP contribution in [0.3, 0.4) is 0 Å². The van der Waals surface area contributed by atoms with Gasteiger partial charge in [-0.15, -0.1) is 0 Å². The maximum Gasteiger partial charge on any atom is 0.171 e. The van der Waals surface area contributed by atoms with Crippen molar-refractivity contribution in [3.8, 4) is 23.0 Å². The van der Waals surface area contributed by atoms with Crippen molar-refractivity contribution in [1.29, 1.82) is 0 Å². The Balaban J connectivity index is 1.11. The molecule has 14 heteroatoms. The van der Waals surface area contributed by atoms with Gasteiger partial charge in [0.2, 0.25) is 0 Å². The SMILES string of the molecule is O=P(c1ccccc1)(c1ccccc1)c1cc2c3c(c1)Cc1cc(P(=O)(c4ccccc4)c4ccccc4)cc4c1OCCOCCOc1c(cc(P(=O)(c5ccccc5)c5ccccc5)cc1Cc1cc(P(=O)(c5ccccc5)c5ccccc5)cc(c1OCCOCCO3)C2)C4. The molecular weight excluding hydrogens is 1290 g/mol. The smallest absolute Gasteiger partial charge is 0.171 e. The molecule has 1 aliphatic carbocycles. The van der Waals surface area contributed by atoms with Gasteiger partial charge in [-0.25, -0.2) is 0 Å². The van der Waals surface area contributed by atoms with Crippen LogP contribution in [0, 0.1) is 0 Å². The van der Waals surface area contributed by atoms with Crippen LogP contribution in [0.4, 0.5) is 0 Å². The number of hydrogen-bond donors (Lipinski definition) is 0. The van der Waals surface area contributed by atoms with Crippen LogP contribution in [0.15, 0.2) is 291 Å². The van der Waals surface area contributed by atoms with Gasteiger partial charge in [-0.05, 0) is 93.0 Å². The number of hydrogen-bond acceptors (Lipinski definition) is 10. The van der Waals surface area contributed by atoms with Crippen LogP contribution in [0.25, 0.3) is 0 Å². The second-order valence-corrected chi connectivity index (χ2v) is 35.9. The molecule has 2 aliphatic heterocycles. The van der Waals surface area contributed by atoms with Gasteiger partial charge in [-0.2, -0.15) is 0 Å². The third-order valence-corrected chi connectivity index (χ3v) is 30.9. The Bertz CT molecular complexity index is 4240. The summed E-state index contributed by atoms with van der Waals surface area (Å²) in [5.41, 5.74) is 5.52. The molecule has 12 aromatic rings. The minimum atomic E-state index is -3.78. The highest BCUT2D eigenvalue weighted by Crippen LogP contribution is 2.51. The lowest BCUT2D eigenvalue weighted by Gasteiger charge is -2.29. The van der Waals surface area contributed by atoms with E-state index in [1.54, 1.807) is 0 Å². The maximum absolute atomic E-state index is 17.2. The van der Waals surface area contributed by atoms with Crippen molar-refractivity contribution < 1.29 is 46.7 Å². The summed E-state index contributed by atoms with van der Waals surface area (Å²) in [6.45, 7) is 1.50. The number of ether oxygens (including phenoxy) is 6. The van der Waals surface area contributed by atoms with E-state index in [2.05, 4.69) is 0 Å². The molecule has 0 saturated carbocycles. The maximum atomic E-state index is 17.2. The van der Waals surface area contributed by atoms with Crippen LogP contribution in [0.2, 0.25) is 0 Å². The Morgan fingerprint density at radius 3 is 0.469 bits per heavy atom. The van der Waals surface area contributed by atoms with Crippen LogP contribution in [0.5, 0.6) is 23.0 Å². The molecule has 0 unspecified atom stereocenters. The molecule has 0 atom stereocenters. The van der Waals surface area contributed by atoms with Crippen LogP contribution in [-0.4, -0.2) is 52.9 Å². The lowest BCUT2D eigenvalue weighted by molar-refractivity contribution is 0.0744. The highest BCUT2D eigenvalue weighted by atomic mass is 31.2. The molecule has 12 aromatic carbocycles. The van der Waals surface area contributed by atoms with Crippen molar-refractivity contribution in [1.82, 2.24) is 0 Å². The molecule has 0 aromatic heterocycles. The molecule has 0 fully saturated rings. The number of rotatable bonds is 12. The van der Waals surface area contributed by atoms with Gasteiger partial charge in [0.05, 0.1) is 26.4 Å². The summed E-state index contributed by atoms with van der Waals surface area (Å²) in [6, 6.07) is 93.5. The van der Waals surface area contributed by atoms with E-state index in [1.165, 1.54) is 0 Å². The third kappa shape index (κ3) is 12.4. The normalized spacial score (nSPS) is 14.4. The summed E-state index contributed by atoms with van der Waals surface area (Å²) in [7, 11) is -15.1. The van der Waals surface area contributed by atoms with Gasteiger partial charge >= 0.3 is 0 Å². The zero-order valence-corrected chi connectivity index (χ0v) is 57.6. The van der Waals surface area contributed by atoms with E-state index in [4.69, 9.17) is 28.4 Å². The van der Waals surface area contributed by atoms with Crippen molar-refractivity contribution >= 4 is 92.2 Å². The Labute approximate surface area is 572 Å². The second kappa shape index (κ2) is 28.3. The molecule has 3 aliphatic rings. The predicted octanol–water partition coefficient (Wildman–Crippen LogP) is 12.5. The second-order valence-electron chi connectivity index (χ2n) is 24.8. The highest BCUT2D eigenvalue weighted by Gasteiger charge is 2.39. The lowest BCUT2D eigenvalue weighted by Crippen LogP contribution is -2.28. The Morgan fingerprint density at radius 1 is 0.184 bits per heavy atom. The zero-order chi connectivity index (χ0) is 66.5. The zero-order valence-electron chi connectivity index (χ0n) is 54.1. The van der Waals surface area contributed by atoms with Gasteiger partial charge in [0.25, 0.3) is 0 Å². The van der Waals surface area contributed by atoms with E-state index in [1.807, 2.05) is 291 Å². The molecule has 2 heterocycles. The molecule has 15 rings (SSSR count). The van der Waals surface area contributed by atoms with Gasteiger partial charge in [0.15, 0.2) is 28.6 Å². The minimum absolute atomic E-state index is 0.124. The van der Waals surface area contributed by atoms with Crippen LogP contribution in [0.1, 0.15) is 44.5 Å². The molecule has 0 radical (unpaired) electrons. The van der Waals surface area contributed by atoms with Crippen LogP contribution >= 0.6 is 28.6 Å². The summed E-state index contributed by atoms with van der Waals surface area (Å²) in [5, 5.41) is 7.41. The molecule has 0 spiro atoms. The van der Waals surface area contributed by atoms with Crippen molar-refractivity contribution in [3.63, 3.8) is 0 Å². The average molecular weight is 1370 g/mol. The predicted molar refractivity (Wildman–Crippen MR) is 398 cm³/mol. The Hall–Kier alpha value is -9.32. The van der Waals surface area contributed by atoms with Crippen molar-refractivity contribution in [2.75, 3.05) is 52.9 Å². The fourth-order valence-electron chi connectivity index (χ4n) is 14.2. The first kappa shape index (κ1) is 64.7. The fraction of sp³-hybridized carbons (Fsp3) is 0.143. The first-order valence-corrected chi connectivity index (χ1v) is 40.1. The standard InChI is InChI=1S/C84H72O10P4/c85-95(69-25-9-1-10-26-69,70-27-11-2-12-28-70)77-53-61-49-62-54-78(96(86,71-29-13-3-14-30-71)72-31-15-4-16-32-72)59-67-52-68-60-80(98(88,75-37-21-7-22-38-75)76-39-23-8-24-40-76)56-64-50-63-55-79(97(87,73-33-17-5-18-34-73)74-35-19-6-20-36-74)58-66(83(63)93-47-43-90-44-48-94-84(64)68)51-65(57-77)81(61)91-45-41-89-42-46-92-82(62)67/h1-40,53-60H,41-52H2. The van der Waals surface area contributed by atoms with Crippen LogP contribution in [-0.2, 0) is 53.4 Å². The van der Waals surface area contributed by atoms with Crippen molar-refractivity contribution in [3.05, 3.63) is 336 Å². The first-order chi connectivity index (χ1) is 48.1. The van der Waals surface area contributed by atoms with E-state index in [0.717, 1.165) is 0 Å². The minimum Gasteiger partial charge on any atom is -0.491 e. The molecular formula is C84H72O10P4. The quantitative estimate of drug-likeness (QED) is 0.109. The molecule has 98 heavy (non-hydrogen) atoms. The van der Waals surface area contributed by atoms with Gasteiger partial charge in [0.1, 0.15) is 49.4 Å². The largest absolute Gasteiger partial charge is 0.491 e. The van der Waals surface area contributed by atoms with Gasteiger partial charge in [0, 0.05) is 89.3 Å². The molecule has 12 bridgehead atoms. The molecule has 0 saturated heterocycles. The summed E-state index contributed by atoms with van der Waals surface area (Å²) < 4.78 is 111. The van der Waals surface area contributed by atoms with E-state index in [0.29, 0.717) is 131 Å². The molecule has 10 nitrogen and oxygen atoms in total. The summed E-state index contributed by atoms with van der Waals surface area (Å²) in [4.78, 5) is 0. The van der Waals surface area contributed by atoms with Gasteiger partial charge < -0.3 is 46.7 Å². The summed E-state index contributed by atoms with van der Waals surface area (Å²) in [5.74, 6) is 2.16. The van der Waals surface area contributed by atoms with Crippen LogP contribution < -0.4 is 82.6 Å². The topological polar surface area (TPSA) is 124 Å². The van der Waals surface area contributed by atoms with Crippen molar-refractivity contribution in [2.45, 2.75) is 25.7 Å². The number of benzene rings is 12. The third-order valence-electron chi connectivity index (χ3n) is 18.7. The van der Waals surface area contributed by atoms with Crippen molar-refractivity contribution in [2.24, 2.45) is 0 Å². The van der Waals surface area contributed by atoms with Gasteiger partial charge in [-0.3, -0.25) is 0 Å². The average Bonchev–Trinajstić information content (AvgIpc) is 0.749. The Kier molecular flexibility index (Phi) is 18.6. The summed E-state index contributed by atoms with van der Waals surface area (Å²) >= 11 is 0. The highest BCUT2D eigenvalue weighted by molar-refractivity contribution is 7.86. The molecule has 488 valence electrons. The first-order valence-electron chi connectivity index (χ1n) is 33.3. The van der Waals surface area contributed by atoms with E-state index < -0.39 is 28.6 Å².